The van der Waals surface area contributed by atoms with E-state index in [0.29, 0.717) is 33.1 Å². The molecule has 41 heavy (non-hydrogen) atoms. The fourth-order valence-corrected chi connectivity index (χ4v) is 5.12. The average molecular weight is 594 g/mol. The molecule has 4 aromatic rings. The molecule has 1 aromatic heterocycles. The lowest BCUT2D eigenvalue weighted by Gasteiger charge is -2.28. The van der Waals surface area contributed by atoms with Crippen molar-refractivity contribution in [2.24, 2.45) is 0 Å². The maximum absolute atomic E-state index is 13.1. The topological polar surface area (TPSA) is 85.8 Å². The molecule has 2 heterocycles. The highest BCUT2D eigenvalue weighted by Gasteiger charge is 2.17. The standard InChI is InChI=1S/C31H30Cl2N4O4/c1-20-3-8-28(29(13-20)39-2)41-30-22(17-27(38)16-21-14-23(32)18-24(33)15-21)19-34-31(36-30)35-25-4-6-26(7-5-25)37-9-11-40-12-10-37/h3-8,13-15,18-19H,9-12,16-17H2,1-2H3,(H,34,35,36). The molecule has 1 saturated heterocycles. The van der Waals surface area contributed by atoms with Crippen LogP contribution in [0.3, 0.4) is 0 Å². The summed E-state index contributed by atoms with van der Waals surface area (Å²) in [7, 11) is 1.58. The van der Waals surface area contributed by atoms with Crippen LogP contribution in [-0.2, 0) is 22.4 Å². The predicted octanol–water partition coefficient (Wildman–Crippen LogP) is 6.83. The van der Waals surface area contributed by atoms with Gasteiger partial charge in [0.25, 0.3) is 0 Å². The number of benzene rings is 3. The first kappa shape index (κ1) is 28.7. The van der Waals surface area contributed by atoms with Gasteiger partial charge in [0, 0.05) is 59.1 Å². The van der Waals surface area contributed by atoms with Crippen LogP contribution in [0, 0.1) is 6.92 Å². The first-order valence-corrected chi connectivity index (χ1v) is 14.0. The number of morpholine rings is 1. The van der Waals surface area contributed by atoms with Gasteiger partial charge in [-0.1, -0.05) is 29.3 Å². The Morgan fingerprint density at radius 1 is 0.976 bits per heavy atom. The van der Waals surface area contributed by atoms with E-state index in [1.54, 1.807) is 31.5 Å². The van der Waals surface area contributed by atoms with Crippen LogP contribution in [-0.4, -0.2) is 49.2 Å². The van der Waals surface area contributed by atoms with Crippen molar-refractivity contribution in [1.29, 1.82) is 0 Å². The summed E-state index contributed by atoms with van der Waals surface area (Å²) in [5.41, 5.74) is 4.25. The molecule has 0 saturated carbocycles. The van der Waals surface area contributed by atoms with Gasteiger partial charge in [0.2, 0.25) is 11.8 Å². The minimum absolute atomic E-state index is 0.0577. The van der Waals surface area contributed by atoms with E-state index in [0.717, 1.165) is 48.8 Å². The van der Waals surface area contributed by atoms with E-state index in [1.165, 1.54) is 0 Å². The van der Waals surface area contributed by atoms with Gasteiger partial charge in [-0.15, -0.1) is 0 Å². The van der Waals surface area contributed by atoms with Crippen molar-refractivity contribution in [3.8, 4) is 17.4 Å². The lowest BCUT2D eigenvalue weighted by atomic mass is 10.0. The zero-order valence-corrected chi connectivity index (χ0v) is 24.3. The van der Waals surface area contributed by atoms with Crippen LogP contribution in [0.15, 0.2) is 66.9 Å². The van der Waals surface area contributed by atoms with Gasteiger partial charge in [-0.05, 0) is 72.6 Å². The van der Waals surface area contributed by atoms with E-state index in [9.17, 15) is 4.79 Å². The van der Waals surface area contributed by atoms with E-state index in [2.05, 4.69) is 32.3 Å². The number of rotatable bonds is 10. The van der Waals surface area contributed by atoms with E-state index in [-0.39, 0.29) is 24.5 Å². The molecule has 0 unspecified atom stereocenters. The number of anilines is 3. The summed E-state index contributed by atoms with van der Waals surface area (Å²) in [6.07, 6.45) is 1.82. The van der Waals surface area contributed by atoms with Crippen molar-refractivity contribution in [3.63, 3.8) is 0 Å². The number of hydrogen-bond acceptors (Lipinski definition) is 8. The summed E-state index contributed by atoms with van der Waals surface area (Å²) in [6, 6.07) is 18.8. The number of carbonyl (C=O) groups excluding carboxylic acids is 1. The number of ketones is 1. The lowest BCUT2D eigenvalue weighted by Crippen LogP contribution is -2.36. The van der Waals surface area contributed by atoms with Crippen LogP contribution < -0.4 is 19.7 Å². The average Bonchev–Trinajstić information content (AvgIpc) is 2.95. The van der Waals surface area contributed by atoms with Crippen molar-refractivity contribution in [1.82, 2.24) is 9.97 Å². The number of hydrogen-bond donors (Lipinski definition) is 1. The van der Waals surface area contributed by atoms with Crippen LogP contribution in [0.25, 0.3) is 0 Å². The van der Waals surface area contributed by atoms with E-state index in [4.69, 9.17) is 37.4 Å². The number of aromatic nitrogens is 2. The first-order chi connectivity index (χ1) is 19.9. The molecule has 1 aliphatic heterocycles. The highest BCUT2D eigenvalue weighted by atomic mass is 35.5. The Morgan fingerprint density at radius 2 is 1.71 bits per heavy atom. The van der Waals surface area contributed by atoms with Crippen molar-refractivity contribution in [3.05, 3.63) is 93.6 Å². The second-order valence-corrected chi connectivity index (χ2v) is 10.6. The fraction of sp³-hybridized carbons (Fsp3) is 0.258. The number of halogens is 2. The molecule has 1 fully saturated rings. The molecule has 0 radical (unpaired) electrons. The molecule has 212 valence electrons. The molecular weight excluding hydrogens is 563 g/mol. The number of Topliss-reactive ketones (excluding diaryl/α,β-unsaturated/α-hetero) is 1. The largest absolute Gasteiger partial charge is 0.493 e. The van der Waals surface area contributed by atoms with Gasteiger partial charge < -0.3 is 24.4 Å². The normalized spacial score (nSPS) is 13.1. The summed E-state index contributed by atoms with van der Waals surface area (Å²) in [4.78, 5) is 24.5. The summed E-state index contributed by atoms with van der Waals surface area (Å²) in [5, 5.41) is 4.20. The molecule has 0 spiro atoms. The zero-order valence-electron chi connectivity index (χ0n) is 22.8. The first-order valence-electron chi connectivity index (χ1n) is 13.2. The summed E-state index contributed by atoms with van der Waals surface area (Å²) < 4.78 is 17.2. The van der Waals surface area contributed by atoms with Crippen LogP contribution in [0.5, 0.6) is 17.4 Å². The van der Waals surface area contributed by atoms with Gasteiger partial charge in [-0.3, -0.25) is 4.79 Å². The third-order valence-electron chi connectivity index (χ3n) is 6.56. The quantitative estimate of drug-likeness (QED) is 0.214. The second kappa shape index (κ2) is 13.2. The molecule has 0 aliphatic carbocycles. The highest BCUT2D eigenvalue weighted by Crippen LogP contribution is 2.34. The van der Waals surface area contributed by atoms with Gasteiger partial charge in [0.05, 0.1) is 20.3 Å². The Labute approximate surface area is 249 Å². The number of carbonyl (C=O) groups is 1. The van der Waals surface area contributed by atoms with E-state index in [1.807, 2.05) is 37.3 Å². The van der Waals surface area contributed by atoms with Gasteiger partial charge in [0.15, 0.2) is 11.5 Å². The highest BCUT2D eigenvalue weighted by molar-refractivity contribution is 6.34. The minimum Gasteiger partial charge on any atom is -0.493 e. The summed E-state index contributed by atoms with van der Waals surface area (Å²) in [5.74, 6) is 1.57. The molecule has 0 atom stereocenters. The molecule has 8 nitrogen and oxygen atoms in total. The number of nitrogens with one attached hydrogen (secondary N) is 1. The van der Waals surface area contributed by atoms with Crippen LogP contribution in [0.1, 0.15) is 16.7 Å². The Morgan fingerprint density at radius 3 is 2.41 bits per heavy atom. The molecule has 10 heteroatoms. The van der Waals surface area contributed by atoms with E-state index >= 15 is 0 Å². The molecule has 0 bridgehead atoms. The summed E-state index contributed by atoms with van der Waals surface area (Å²) >= 11 is 12.2. The second-order valence-electron chi connectivity index (χ2n) is 9.72. The van der Waals surface area contributed by atoms with Gasteiger partial charge in [0.1, 0.15) is 5.78 Å². The molecule has 0 amide bonds. The molecule has 5 rings (SSSR count). The molecule has 1 N–H and O–H groups in total. The van der Waals surface area contributed by atoms with Gasteiger partial charge >= 0.3 is 0 Å². The van der Waals surface area contributed by atoms with Crippen LogP contribution >= 0.6 is 23.2 Å². The SMILES string of the molecule is COc1cc(C)ccc1Oc1nc(Nc2ccc(N3CCOCC3)cc2)ncc1CC(=O)Cc1cc(Cl)cc(Cl)c1. The van der Waals surface area contributed by atoms with E-state index < -0.39 is 0 Å². The van der Waals surface area contributed by atoms with Crippen LogP contribution in [0.4, 0.5) is 17.3 Å². The molecule has 1 aliphatic rings. The lowest BCUT2D eigenvalue weighted by molar-refractivity contribution is -0.117. The Bertz CT molecular complexity index is 1510. The third-order valence-corrected chi connectivity index (χ3v) is 7.00. The Kier molecular flexibility index (Phi) is 9.24. The van der Waals surface area contributed by atoms with Gasteiger partial charge in [-0.25, -0.2) is 4.98 Å². The number of ether oxygens (including phenoxy) is 3. The number of nitrogens with zero attached hydrogens (tertiary/aromatic N) is 3. The Balaban J connectivity index is 1.38. The van der Waals surface area contributed by atoms with Gasteiger partial charge in [-0.2, -0.15) is 4.98 Å². The maximum Gasteiger partial charge on any atom is 0.230 e. The smallest absolute Gasteiger partial charge is 0.230 e. The predicted molar refractivity (Wildman–Crippen MR) is 161 cm³/mol. The van der Waals surface area contributed by atoms with Crippen molar-refractivity contribution >= 4 is 46.3 Å². The monoisotopic (exact) mass is 592 g/mol. The minimum atomic E-state index is -0.0629. The van der Waals surface area contributed by atoms with Crippen molar-refractivity contribution in [2.45, 2.75) is 19.8 Å². The number of methoxy groups -OCH3 is 1. The fourth-order valence-electron chi connectivity index (χ4n) is 4.55. The zero-order chi connectivity index (χ0) is 28.8. The third kappa shape index (κ3) is 7.67. The number of aryl methyl sites for hydroxylation is 1. The Hall–Kier alpha value is -3.85. The molecule has 3 aromatic carbocycles. The maximum atomic E-state index is 13.1. The van der Waals surface area contributed by atoms with Crippen LogP contribution in [0.2, 0.25) is 10.0 Å². The summed E-state index contributed by atoms with van der Waals surface area (Å²) in [6.45, 7) is 5.15. The van der Waals surface area contributed by atoms with Crippen molar-refractivity contribution in [2.75, 3.05) is 43.6 Å². The van der Waals surface area contributed by atoms with Crippen molar-refractivity contribution < 1.29 is 19.0 Å². The molecular formula is C31H30Cl2N4O4.